The monoisotopic (exact) mass is 416 g/mol. The number of nitrogens with one attached hydrogen (secondary N) is 1. The maximum absolute atomic E-state index is 13.0. The zero-order valence-corrected chi connectivity index (χ0v) is 17.1. The zero-order chi connectivity index (χ0) is 20.9. The van der Waals surface area contributed by atoms with E-state index < -0.39 is 15.9 Å². The number of amides is 1. The van der Waals surface area contributed by atoms with Gasteiger partial charge in [-0.25, -0.2) is 8.42 Å². The van der Waals surface area contributed by atoms with Crippen LogP contribution in [0.3, 0.4) is 0 Å². The van der Waals surface area contributed by atoms with E-state index in [1.165, 1.54) is 10.4 Å². The summed E-state index contributed by atoms with van der Waals surface area (Å²) in [5.74, 6) is 0.200. The zero-order valence-electron chi connectivity index (χ0n) is 16.3. The van der Waals surface area contributed by atoms with Crippen LogP contribution in [-0.4, -0.2) is 51.5 Å². The predicted molar refractivity (Wildman–Crippen MR) is 111 cm³/mol. The van der Waals surface area contributed by atoms with Gasteiger partial charge in [-0.2, -0.15) is 4.31 Å². The van der Waals surface area contributed by atoms with E-state index in [0.717, 1.165) is 0 Å². The Labute approximate surface area is 171 Å². The van der Waals surface area contributed by atoms with Crippen molar-refractivity contribution in [2.24, 2.45) is 0 Å². The van der Waals surface area contributed by atoms with Crippen LogP contribution in [0.1, 0.15) is 15.9 Å². The Kier molecular flexibility index (Phi) is 6.68. The highest BCUT2D eigenvalue weighted by molar-refractivity contribution is 7.89. The van der Waals surface area contributed by atoms with E-state index in [-0.39, 0.29) is 10.5 Å². The summed E-state index contributed by atoms with van der Waals surface area (Å²) in [5, 5.41) is 2.78. The molecular weight excluding hydrogens is 392 g/mol. The van der Waals surface area contributed by atoms with Crippen molar-refractivity contribution in [3.05, 3.63) is 66.2 Å². The highest BCUT2D eigenvalue weighted by Gasteiger charge is 2.28. The van der Waals surface area contributed by atoms with Crippen LogP contribution in [0, 0.1) is 6.92 Å². The predicted octanol–water partition coefficient (Wildman–Crippen LogP) is 2.83. The van der Waals surface area contributed by atoms with E-state index in [4.69, 9.17) is 9.47 Å². The number of nitrogens with zero attached hydrogens (tertiary/aromatic N) is 1. The molecule has 1 fully saturated rings. The molecule has 29 heavy (non-hydrogen) atoms. The van der Waals surface area contributed by atoms with Gasteiger partial charge < -0.3 is 14.8 Å². The summed E-state index contributed by atoms with van der Waals surface area (Å²) >= 11 is 0. The molecule has 3 rings (SSSR count). The van der Waals surface area contributed by atoms with Gasteiger partial charge in [0.25, 0.3) is 5.91 Å². The Bertz CT molecular complexity index is 998. The number of sulfonamides is 1. The SMILES string of the molecule is C=CCOc1cccc(NC(=O)c2ccc(C)c(S(=O)(=O)N3CCOCC3)c2)c1. The van der Waals surface area contributed by atoms with E-state index in [2.05, 4.69) is 11.9 Å². The lowest BCUT2D eigenvalue weighted by Gasteiger charge is -2.26. The van der Waals surface area contributed by atoms with Gasteiger partial charge in [0.1, 0.15) is 12.4 Å². The van der Waals surface area contributed by atoms with Crippen molar-refractivity contribution in [1.82, 2.24) is 4.31 Å². The van der Waals surface area contributed by atoms with Crippen LogP contribution >= 0.6 is 0 Å². The Morgan fingerprint density at radius 3 is 2.72 bits per heavy atom. The van der Waals surface area contributed by atoms with Crippen LogP contribution < -0.4 is 10.1 Å². The third kappa shape index (κ3) is 5.03. The van der Waals surface area contributed by atoms with Gasteiger partial charge in [0.05, 0.1) is 18.1 Å². The lowest BCUT2D eigenvalue weighted by Crippen LogP contribution is -2.40. The minimum absolute atomic E-state index is 0.134. The molecule has 0 unspecified atom stereocenters. The molecule has 1 N–H and O–H groups in total. The summed E-state index contributed by atoms with van der Waals surface area (Å²) in [6.07, 6.45) is 1.63. The molecule has 0 aliphatic carbocycles. The van der Waals surface area contributed by atoms with Crippen molar-refractivity contribution in [3.8, 4) is 5.75 Å². The Hall–Kier alpha value is -2.68. The van der Waals surface area contributed by atoms with Gasteiger partial charge >= 0.3 is 0 Å². The molecule has 0 spiro atoms. The van der Waals surface area contributed by atoms with Crippen molar-refractivity contribution >= 4 is 21.6 Å². The number of aryl methyl sites for hydroxylation is 1. The molecule has 2 aromatic carbocycles. The highest BCUT2D eigenvalue weighted by atomic mass is 32.2. The van der Waals surface area contributed by atoms with Gasteiger partial charge in [-0.15, -0.1) is 0 Å². The minimum Gasteiger partial charge on any atom is -0.489 e. The second kappa shape index (κ2) is 9.21. The molecule has 0 bridgehead atoms. The second-order valence-electron chi connectivity index (χ2n) is 6.58. The number of ether oxygens (including phenoxy) is 2. The normalized spacial score (nSPS) is 14.9. The molecule has 2 aromatic rings. The fourth-order valence-corrected chi connectivity index (χ4v) is 4.63. The molecule has 1 amide bonds. The van der Waals surface area contributed by atoms with Crippen molar-refractivity contribution in [3.63, 3.8) is 0 Å². The molecule has 1 aliphatic rings. The molecule has 1 heterocycles. The highest BCUT2D eigenvalue weighted by Crippen LogP contribution is 2.23. The molecule has 1 aliphatic heterocycles. The third-order valence-electron chi connectivity index (χ3n) is 4.50. The number of hydrogen-bond acceptors (Lipinski definition) is 5. The third-order valence-corrected chi connectivity index (χ3v) is 6.54. The fourth-order valence-electron chi connectivity index (χ4n) is 2.97. The number of rotatable bonds is 7. The number of anilines is 1. The molecule has 0 radical (unpaired) electrons. The maximum Gasteiger partial charge on any atom is 0.255 e. The first-order valence-corrected chi connectivity index (χ1v) is 10.7. The number of morpholine rings is 1. The summed E-state index contributed by atoms with van der Waals surface area (Å²) in [4.78, 5) is 12.8. The van der Waals surface area contributed by atoms with E-state index in [0.29, 0.717) is 49.9 Å². The second-order valence-corrected chi connectivity index (χ2v) is 8.48. The molecule has 0 atom stereocenters. The number of benzene rings is 2. The largest absolute Gasteiger partial charge is 0.489 e. The van der Waals surface area contributed by atoms with Crippen LogP contribution in [0.15, 0.2) is 60.0 Å². The average molecular weight is 416 g/mol. The van der Waals surface area contributed by atoms with E-state index >= 15 is 0 Å². The number of carbonyl (C=O) groups excluding carboxylic acids is 1. The summed E-state index contributed by atoms with van der Waals surface area (Å²) in [7, 11) is -3.69. The molecule has 8 heteroatoms. The van der Waals surface area contributed by atoms with Gasteiger partial charge in [-0.05, 0) is 36.8 Å². The summed E-state index contributed by atoms with van der Waals surface area (Å²) in [6, 6.07) is 11.6. The molecule has 1 saturated heterocycles. The molecule has 7 nitrogen and oxygen atoms in total. The lowest BCUT2D eigenvalue weighted by molar-refractivity contribution is 0.0730. The minimum atomic E-state index is -3.69. The van der Waals surface area contributed by atoms with Gasteiger partial charge in [-0.1, -0.05) is 24.8 Å². The van der Waals surface area contributed by atoms with Gasteiger partial charge in [0.15, 0.2) is 0 Å². The number of hydrogen-bond donors (Lipinski definition) is 1. The Morgan fingerprint density at radius 1 is 1.24 bits per heavy atom. The van der Waals surface area contributed by atoms with E-state index in [9.17, 15) is 13.2 Å². The molecular formula is C21H24N2O5S. The van der Waals surface area contributed by atoms with Crippen LogP contribution in [-0.2, 0) is 14.8 Å². The molecule has 0 aromatic heterocycles. The fraction of sp³-hybridized carbons (Fsp3) is 0.286. The molecule has 154 valence electrons. The van der Waals surface area contributed by atoms with Crippen molar-refractivity contribution in [2.75, 3.05) is 38.2 Å². The lowest BCUT2D eigenvalue weighted by atomic mass is 10.1. The van der Waals surface area contributed by atoms with Crippen LogP contribution in [0.5, 0.6) is 5.75 Å². The summed E-state index contributed by atoms with van der Waals surface area (Å²) < 4.78 is 38.1. The Balaban J connectivity index is 1.82. The van der Waals surface area contributed by atoms with Crippen molar-refractivity contribution < 1.29 is 22.7 Å². The summed E-state index contributed by atoms with van der Waals surface area (Å²) in [6.45, 7) is 7.01. The van der Waals surface area contributed by atoms with Crippen LogP contribution in [0.25, 0.3) is 0 Å². The first-order chi connectivity index (χ1) is 13.9. The first-order valence-electron chi connectivity index (χ1n) is 9.25. The average Bonchev–Trinajstić information content (AvgIpc) is 2.73. The first kappa shape index (κ1) is 21.0. The molecule has 0 saturated carbocycles. The quantitative estimate of drug-likeness (QED) is 0.702. The van der Waals surface area contributed by atoms with Gasteiger partial charge in [0.2, 0.25) is 10.0 Å². The van der Waals surface area contributed by atoms with Crippen molar-refractivity contribution in [2.45, 2.75) is 11.8 Å². The van der Waals surface area contributed by atoms with E-state index in [1.54, 1.807) is 49.4 Å². The maximum atomic E-state index is 13.0. The Morgan fingerprint density at radius 2 is 2.00 bits per heavy atom. The van der Waals surface area contributed by atoms with Crippen molar-refractivity contribution in [1.29, 1.82) is 0 Å². The smallest absolute Gasteiger partial charge is 0.255 e. The van der Waals surface area contributed by atoms with Crippen LogP contribution in [0.2, 0.25) is 0 Å². The standard InChI is InChI=1S/C21H24N2O5S/c1-3-11-28-19-6-4-5-18(15-19)22-21(24)17-8-7-16(2)20(14-17)29(25,26)23-9-12-27-13-10-23/h3-8,14-15H,1,9-13H2,2H3,(H,22,24). The number of carbonyl (C=O) groups is 1. The van der Waals surface area contributed by atoms with E-state index in [1.807, 2.05) is 0 Å². The topological polar surface area (TPSA) is 84.9 Å². The van der Waals surface area contributed by atoms with Gasteiger partial charge in [-0.3, -0.25) is 4.79 Å². The van der Waals surface area contributed by atoms with Crippen LogP contribution in [0.4, 0.5) is 5.69 Å². The summed E-state index contributed by atoms with van der Waals surface area (Å²) in [5.41, 5.74) is 1.41. The van der Waals surface area contributed by atoms with Gasteiger partial charge in [0, 0.05) is 30.4 Å².